The molecule has 0 spiro atoms. The van der Waals surface area contributed by atoms with E-state index in [1.807, 2.05) is 36.4 Å². The van der Waals surface area contributed by atoms with E-state index in [1.165, 1.54) is 43.6 Å². The van der Waals surface area contributed by atoms with Crippen LogP contribution in [0.25, 0.3) is 10.1 Å². The minimum Gasteiger partial charge on any atom is -0.494 e. The fourth-order valence-corrected chi connectivity index (χ4v) is 5.45. The maximum atomic E-state index is 13.4. The summed E-state index contributed by atoms with van der Waals surface area (Å²) in [6.07, 6.45) is 9.34. The Hall–Kier alpha value is -1.79. The van der Waals surface area contributed by atoms with Crippen LogP contribution in [-0.4, -0.2) is 36.9 Å². The normalized spacial score (nSPS) is 10.8. The molecule has 2 N–H and O–H groups in total. The Balaban J connectivity index is 0.00000342. The van der Waals surface area contributed by atoms with Gasteiger partial charge in [0.05, 0.1) is 12.2 Å². The topological polar surface area (TPSA) is 55.6 Å². The molecule has 0 amide bonds. The predicted octanol–water partition coefficient (Wildman–Crippen LogP) is 8.57. The number of unbranched alkanes of at least 4 members (excludes halogenated alkanes) is 3. The maximum Gasteiger partial charge on any atom is 0.195 e. The number of hydrogen-bond acceptors (Lipinski definition) is 5. The predicted molar refractivity (Wildman–Crippen MR) is 166 cm³/mol. The van der Waals surface area contributed by atoms with Crippen molar-refractivity contribution in [2.75, 3.05) is 32.0 Å². The lowest BCUT2D eigenvalue weighted by atomic mass is 9.98. The molecule has 0 aliphatic heterocycles. The molecule has 1 aromatic heterocycles. The summed E-state index contributed by atoms with van der Waals surface area (Å²) in [6.45, 7) is 10.8. The van der Waals surface area contributed by atoms with Gasteiger partial charge in [-0.2, -0.15) is 0 Å². The Morgan fingerprint density at radius 3 is 2.11 bits per heavy atom. The van der Waals surface area contributed by atoms with Crippen LogP contribution in [0.15, 0.2) is 42.5 Å². The van der Waals surface area contributed by atoms with Crippen molar-refractivity contribution >= 4 is 57.7 Å². The molecule has 0 bridgehead atoms. The first-order valence-electron chi connectivity index (χ1n) is 13.4. The van der Waals surface area contributed by atoms with Crippen LogP contribution >= 0.6 is 36.2 Å². The third-order valence-electron chi connectivity index (χ3n) is 6.45. The van der Waals surface area contributed by atoms with Gasteiger partial charge in [0, 0.05) is 32.8 Å². The second kappa shape index (κ2) is 17.7. The molecule has 0 aliphatic rings. The van der Waals surface area contributed by atoms with Crippen LogP contribution in [0.3, 0.4) is 0 Å². The second-order valence-corrected chi connectivity index (χ2v) is 10.5. The van der Waals surface area contributed by atoms with E-state index in [9.17, 15) is 4.79 Å². The number of nitrogens with zero attached hydrogens (tertiary/aromatic N) is 1. The third-order valence-corrected chi connectivity index (χ3v) is 7.61. The molecule has 0 fully saturated rings. The number of benzene rings is 2. The van der Waals surface area contributed by atoms with Gasteiger partial charge in [0.25, 0.3) is 0 Å². The average molecular weight is 568 g/mol. The van der Waals surface area contributed by atoms with Gasteiger partial charge < -0.3 is 15.4 Å². The SMILES string of the molecule is CCCCc1cc2c(C(=O)c3ccc(OCCCN(CCCC)CCCC)cc3)c(N)ccc2s1.Cl.Cl. The molecular formula is C30H44Cl2N2O2S. The van der Waals surface area contributed by atoms with Crippen molar-refractivity contribution in [3.63, 3.8) is 0 Å². The van der Waals surface area contributed by atoms with Crippen molar-refractivity contribution in [2.45, 2.75) is 72.1 Å². The molecule has 0 unspecified atom stereocenters. The van der Waals surface area contributed by atoms with E-state index >= 15 is 0 Å². The maximum absolute atomic E-state index is 13.4. The van der Waals surface area contributed by atoms with E-state index in [0.29, 0.717) is 23.4 Å². The van der Waals surface area contributed by atoms with Crippen molar-refractivity contribution in [3.8, 4) is 5.75 Å². The van der Waals surface area contributed by atoms with E-state index < -0.39 is 0 Å². The number of aryl methyl sites for hydroxylation is 1. The molecular weight excluding hydrogens is 523 g/mol. The Morgan fingerprint density at radius 1 is 0.865 bits per heavy atom. The second-order valence-electron chi connectivity index (χ2n) is 9.36. The zero-order valence-electron chi connectivity index (χ0n) is 22.6. The van der Waals surface area contributed by atoms with Crippen molar-refractivity contribution in [3.05, 3.63) is 58.5 Å². The summed E-state index contributed by atoms with van der Waals surface area (Å²) in [5, 5.41) is 0.974. The van der Waals surface area contributed by atoms with Gasteiger partial charge in [-0.25, -0.2) is 0 Å². The molecule has 1 heterocycles. The zero-order valence-corrected chi connectivity index (χ0v) is 25.0. The highest BCUT2D eigenvalue weighted by Crippen LogP contribution is 2.34. The fraction of sp³-hybridized carbons (Fsp3) is 0.500. The van der Waals surface area contributed by atoms with E-state index in [1.54, 1.807) is 11.3 Å². The lowest BCUT2D eigenvalue weighted by Crippen LogP contribution is -2.28. The van der Waals surface area contributed by atoms with Gasteiger partial charge in [-0.1, -0.05) is 40.0 Å². The lowest BCUT2D eigenvalue weighted by molar-refractivity contribution is 0.104. The van der Waals surface area contributed by atoms with Gasteiger partial charge in [0.15, 0.2) is 5.78 Å². The first-order valence-corrected chi connectivity index (χ1v) is 14.2. The minimum absolute atomic E-state index is 0. The van der Waals surface area contributed by atoms with Crippen molar-refractivity contribution in [2.24, 2.45) is 0 Å². The fourth-order valence-electron chi connectivity index (χ4n) is 4.33. The number of carbonyl (C=O) groups is 1. The number of carbonyl (C=O) groups excluding carboxylic acids is 1. The van der Waals surface area contributed by atoms with Crippen molar-refractivity contribution in [1.82, 2.24) is 4.90 Å². The summed E-state index contributed by atoms with van der Waals surface area (Å²) in [5.41, 5.74) is 8.09. The number of thiophene rings is 1. The molecule has 0 saturated heterocycles. The van der Waals surface area contributed by atoms with Gasteiger partial charge in [0.2, 0.25) is 0 Å². The summed E-state index contributed by atoms with van der Waals surface area (Å²) < 4.78 is 7.11. The van der Waals surface area contributed by atoms with Gasteiger partial charge >= 0.3 is 0 Å². The highest BCUT2D eigenvalue weighted by molar-refractivity contribution is 7.19. The number of nitrogen functional groups attached to an aromatic ring is 1. The minimum atomic E-state index is -0.0259. The van der Waals surface area contributed by atoms with E-state index in [-0.39, 0.29) is 30.6 Å². The first-order chi connectivity index (χ1) is 17.1. The number of ether oxygens (including phenoxy) is 1. The molecule has 2 aromatic carbocycles. The van der Waals surface area contributed by atoms with Gasteiger partial charge in [-0.05, 0) is 87.7 Å². The van der Waals surface area contributed by atoms with Crippen LogP contribution in [0, 0.1) is 0 Å². The van der Waals surface area contributed by atoms with Crippen LogP contribution in [0.2, 0.25) is 0 Å². The molecule has 7 heteroatoms. The van der Waals surface area contributed by atoms with Crippen molar-refractivity contribution < 1.29 is 9.53 Å². The Morgan fingerprint density at radius 2 is 1.49 bits per heavy atom. The number of nitrogens with two attached hydrogens (primary N) is 1. The summed E-state index contributed by atoms with van der Waals surface area (Å²) in [6, 6.07) is 13.6. The summed E-state index contributed by atoms with van der Waals surface area (Å²) >= 11 is 1.77. The number of halogens is 2. The Labute approximate surface area is 239 Å². The van der Waals surface area contributed by atoms with Crippen LogP contribution < -0.4 is 10.5 Å². The average Bonchev–Trinajstić information content (AvgIpc) is 3.29. The van der Waals surface area contributed by atoms with Crippen LogP contribution in [0.1, 0.15) is 86.5 Å². The molecule has 0 aliphatic carbocycles. The molecule has 3 rings (SSSR count). The first kappa shape index (κ1) is 33.2. The summed E-state index contributed by atoms with van der Waals surface area (Å²) in [5.74, 6) is 0.778. The largest absolute Gasteiger partial charge is 0.494 e. The molecule has 206 valence electrons. The summed E-state index contributed by atoms with van der Waals surface area (Å²) in [4.78, 5) is 17.3. The number of hydrogen-bond donors (Lipinski definition) is 1. The van der Waals surface area contributed by atoms with E-state index in [0.717, 1.165) is 48.1 Å². The quantitative estimate of drug-likeness (QED) is 0.107. The molecule has 3 aromatic rings. The number of rotatable bonds is 16. The lowest BCUT2D eigenvalue weighted by Gasteiger charge is -2.21. The molecule has 0 saturated carbocycles. The Kier molecular flexibility index (Phi) is 15.9. The summed E-state index contributed by atoms with van der Waals surface area (Å²) in [7, 11) is 0. The van der Waals surface area contributed by atoms with Gasteiger partial charge in [-0.15, -0.1) is 36.2 Å². The van der Waals surface area contributed by atoms with Gasteiger partial charge in [-0.3, -0.25) is 4.79 Å². The Bertz CT molecular complexity index is 1060. The zero-order chi connectivity index (χ0) is 25.0. The molecule has 4 nitrogen and oxygen atoms in total. The molecule has 37 heavy (non-hydrogen) atoms. The number of ketones is 1. The highest BCUT2D eigenvalue weighted by atomic mass is 35.5. The molecule has 0 atom stereocenters. The number of anilines is 1. The third kappa shape index (κ3) is 9.79. The van der Waals surface area contributed by atoms with Crippen LogP contribution in [-0.2, 0) is 6.42 Å². The standard InChI is InChI=1S/C30H42N2O2S.2ClH/c1-4-7-11-25-22-26-28(35-25)17-16-27(31)29(26)30(33)23-12-14-24(15-13-23)34-21-10-20-32(18-8-5-2)19-9-6-3;;/h12-17,22H,4-11,18-21,31H2,1-3H3;2*1H. The van der Waals surface area contributed by atoms with Crippen LogP contribution in [0.4, 0.5) is 5.69 Å². The van der Waals surface area contributed by atoms with Crippen molar-refractivity contribution in [1.29, 1.82) is 0 Å². The number of fused-ring (bicyclic) bond motifs is 1. The highest BCUT2D eigenvalue weighted by Gasteiger charge is 2.18. The monoisotopic (exact) mass is 566 g/mol. The molecule has 0 radical (unpaired) electrons. The van der Waals surface area contributed by atoms with Crippen LogP contribution in [0.5, 0.6) is 5.75 Å². The van der Waals surface area contributed by atoms with Gasteiger partial charge in [0.1, 0.15) is 5.75 Å². The van der Waals surface area contributed by atoms with E-state index in [4.69, 9.17) is 10.5 Å². The van der Waals surface area contributed by atoms with E-state index in [2.05, 4.69) is 31.7 Å². The smallest absolute Gasteiger partial charge is 0.195 e.